The van der Waals surface area contributed by atoms with Crippen LogP contribution < -0.4 is 4.74 Å². The number of hydrogen-bond acceptors (Lipinski definition) is 2. The molecule has 0 fully saturated rings. The Morgan fingerprint density at radius 3 is 2.76 bits per heavy atom. The molecule has 17 heavy (non-hydrogen) atoms. The average molecular weight is 348 g/mol. The second-order valence-electron chi connectivity index (χ2n) is 3.93. The van der Waals surface area contributed by atoms with Gasteiger partial charge in [0, 0.05) is 3.57 Å². The summed E-state index contributed by atoms with van der Waals surface area (Å²) >= 11 is 2.22. The van der Waals surface area contributed by atoms with Crippen LogP contribution in [0.4, 0.5) is 4.79 Å². The minimum absolute atomic E-state index is 0.467. The minimum atomic E-state index is -1.25. The largest absolute Gasteiger partial charge is 0.511 e. The molecule has 0 unspecified atom stereocenters. The molecule has 1 N–H and O–H groups in total. The van der Waals surface area contributed by atoms with E-state index < -0.39 is 6.16 Å². The maximum absolute atomic E-state index is 10.6. The molecule has 0 atom stereocenters. The third kappa shape index (κ3) is 5.39. The van der Waals surface area contributed by atoms with Gasteiger partial charge in [0.05, 0.1) is 0 Å². The van der Waals surface area contributed by atoms with Crippen LogP contribution in [0.25, 0.3) is 0 Å². The van der Waals surface area contributed by atoms with E-state index in [1.807, 2.05) is 12.1 Å². The Labute approximate surface area is 115 Å². The molecule has 0 saturated heterocycles. The van der Waals surface area contributed by atoms with Gasteiger partial charge in [-0.2, -0.15) is 0 Å². The summed E-state index contributed by atoms with van der Waals surface area (Å²) in [6.07, 6.45) is 4.29. The number of halogens is 1. The maximum Gasteiger partial charge on any atom is 0.511 e. The molecule has 0 aliphatic carbocycles. The van der Waals surface area contributed by atoms with Gasteiger partial charge in [0.15, 0.2) is 0 Å². The lowest BCUT2D eigenvalue weighted by Crippen LogP contribution is -2.05. The minimum Gasteiger partial charge on any atom is -0.449 e. The fraction of sp³-hybridized carbons (Fsp3) is 0.462. The Balaban J connectivity index is 2.66. The van der Waals surface area contributed by atoms with E-state index in [0.29, 0.717) is 5.75 Å². The summed E-state index contributed by atoms with van der Waals surface area (Å²) in [6.45, 7) is 2.17. The first-order chi connectivity index (χ1) is 8.13. The third-order valence-electron chi connectivity index (χ3n) is 2.52. The van der Waals surface area contributed by atoms with Crippen molar-refractivity contribution >= 4 is 28.7 Å². The Hall–Kier alpha value is -0.780. The molecular weight excluding hydrogens is 331 g/mol. The van der Waals surface area contributed by atoms with Crippen molar-refractivity contribution in [3.63, 3.8) is 0 Å². The zero-order valence-electron chi connectivity index (χ0n) is 9.91. The van der Waals surface area contributed by atoms with Crippen molar-refractivity contribution in [3.05, 3.63) is 27.3 Å². The van der Waals surface area contributed by atoms with Crippen LogP contribution in [0.5, 0.6) is 5.75 Å². The summed E-state index contributed by atoms with van der Waals surface area (Å²) in [5.74, 6) is 0.467. The summed E-state index contributed by atoms with van der Waals surface area (Å²) in [4.78, 5) is 10.6. The van der Waals surface area contributed by atoms with E-state index in [1.165, 1.54) is 19.3 Å². The van der Waals surface area contributed by atoms with Crippen molar-refractivity contribution in [2.45, 2.75) is 39.0 Å². The first kappa shape index (κ1) is 14.3. The molecule has 0 heterocycles. The lowest BCUT2D eigenvalue weighted by molar-refractivity contribution is 0.144. The van der Waals surface area contributed by atoms with Crippen molar-refractivity contribution in [1.29, 1.82) is 0 Å². The lowest BCUT2D eigenvalue weighted by Gasteiger charge is -2.08. The highest BCUT2D eigenvalue weighted by atomic mass is 127. The lowest BCUT2D eigenvalue weighted by atomic mass is 10.1. The molecule has 0 radical (unpaired) electrons. The Morgan fingerprint density at radius 1 is 1.35 bits per heavy atom. The van der Waals surface area contributed by atoms with Crippen molar-refractivity contribution in [2.24, 2.45) is 0 Å². The molecule has 1 aromatic carbocycles. The monoisotopic (exact) mass is 348 g/mol. The average Bonchev–Trinajstić information content (AvgIpc) is 2.27. The number of unbranched alkanes of at least 4 members (excludes halogenated alkanes) is 3. The van der Waals surface area contributed by atoms with Gasteiger partial charge in [-0.3, -0.25) is 0 Å². The second-order valence-corrected chi connectivity index (χ2v) is 5.18. The molecule has 1 aromatic rings. The number of carboxylic acid groups (broad SMARTS) is 1. The summed E-state index contributed by atoms with van der Waals surface area (Å²) in [5.41, 5.74) is 0.982. The number of ether oxygens (including phenoxy) is 1. The predicted molar refractivity (Wildman–Crippen MR) is 75.7 cm³/mol. The standard InChI is InChI=1S/C13H17IO3/c1-2-3-4-5-6-10-9-11(14)7-8-12(10)17-13(15)16/h7-9H,2-6H2,1H3,(H,15,16). The molecule has 0 spiro atoms. The molecule has 0 aliphatic rings. The topological polar surface area (TPSA) is 46.5 Å². The molecule has 0 aliphatic heterocycles. The first-order valence-corrected chi connectivity index (χ1v) is 6.90. The first-order valence-electron chi connectivity index (χ1n) is 5.82. The predicted octanol–water partition coefficient (Wildman–Crippen LogP) is 4.47. The van der Waals surface area contributed by atoms with E-state index in [-0.39, 0.29) is 0 Å². The van der Waals surface area contributed by atoms with E-state index in [0.717, 1.165) is 22.0 Å². The summed E-state index contributed by atoms with van der Waals surface area (Å²) in [6, 6.07) is 5.57. The van der Waals surface area contributed by atoms with Gasteiger partial charge in [0.1, 0.15) is 5.75 Å². The number of hydrogen-bond donors (Lipinski definition) is 1. The molecule has 0 aromatic heterocycles. The number of benzene rings is 1. The van der Waals surface area contributed by atoms with Gasteiger partial charge in [0.25, 0.3) is 0 Å². The highest BCUT2D eigenvalue weighted by Crippen LogP contribution is 2.23. The molecule has 94 valence electrons. The van der Waals surface area contributed by atoms with Crippen LogP contribution in [-0.4, -0.2) is 11.3 Å². The van der Waals surface area contributed by atoms with E-state index in [2.05, 4.69) is 29.5 Å². The van der Waals surface area contributed by atoms with E-state index in [1.54, 1.807) is 6.07 Å². The van der Waals surface area contributed by atoms with Gasteiger partial charge in [-0.15, -0.1) is 0 Å². The molecule has 0 amide bonds. The molecule has 4 heteroatoms. The molecule has 0 saturated carbocycles. The third-order valence-corrected chi connectivity index (χ3v) is 3.19. The van der Waals surface area contributed by atoms with Crippen molar-refractivity contribution in [3.8, 4) is 5.75 Å². The van der Waals surface area contributed by atoms with Gasteiger partial charge in [-0.1, -0.05) is 26.2 Å². The van der Waals surface area contributed by atoms with Crippen LogP contribution in [-0.2, 0) is 6.42 Å². The molecule has 3 nitrogen and oxygen atoms in total. The van der Waals surface area contributed by atoms with Crippen LogP contribution in [0.1, 0.15) is 38.2 Å². The number of aryl methyl sites for hydroxylation is 1. The summed E-state index contributed by atoms with van der Waals surface area (Å²) in [5, 5.41) is 8.65. The van der Waals surface area contributed by atoms with Crippen LogP contribution >= 0.6 is 22.6 Å². The van der Waals surface area contributed by atoms with Gasteiger partial charge in [-0.25, -0.2) is 4.79 Å². The highest BCUT2D eigenvalue weighted by molar-refractivity contribution is 14.1. The Kier molecular flexibility index (Phi) is 6.32. The summed E-state index contributed by atoms with van der Waals surface area (Å²) in [7, 11) is 0. The SMILES string of the molecule is CCCCCCc1cc(I)ccc1OC(=O)O. The zero-order valence-corrected chi connectivity index (χ0v) is 12.1. The van der Waals surface area contributed by atoms with E-state index in [4.69, 9.17) is 9.84 Å². The van der Waals surface area contributed by atoms with Crippen LogP contribution in [0.3, 0.4) is 0 Å². The van der Waals surface area contributed by atoms with Gasteiger partial charge in [0.2, 0.25) is 0 Å². The van der Waals surface area contributed by atoms with Gasteiger partial charge >= 0.3 is 6.16 Å². The number of carbonyl (C=O) groups is 1. The maximum atomic E-state index is 10.6. The quantitative estimate of drug-likeness (QED) is 0.357. The second kappa shape index (κ2) is 7.53. The van der Waals surface area contributed by atoms with Crippen LogP contribution in [0.2, 0.25) is 0 Å². The molecular formula is C13H17IO3. The van der Waals surface area contributed by atoms with Crippen molar-refractivity contribution in [2.75, 3.05) is 0 Å². The van der Waals surface area contributed by atoms with Crippen molar-refractivity contribution in [1.82, 2.24) is 0 Å². The molecule has 1 rings (SSSR count). The van der Waals surface area contributed by atoms with Gasteiger partial charge < -0.3 is 9.84 Å². The zero-order chi connectivity index (χ0) is 12.7. The van der Waals surface area contributed by atoms with Crippen LogP contribution in [0, 0.1) is 3.57 Å². The van der Waals surface area contributed by atoms with E-state index >= 15 is 0 Å². The van der Waals surface area contributed by atoms with Crippen molar-refractivity contribution < 1.29 is 14.6 Å². The molecule has 0 bridgehead atoms. The van der Waals surface area contributed by atoms with Gasteiger partial charge in [-0.05, 0) is 59.2 Å². The highest BCUT2D eigenvalue weighted by Gasteiger charge is 2.08. The Morgan fingerprint density at radius 2 is 2.12 bits per heavy atom. The van der Waals surface area contributed by atoms with Crippen LogP contribution in [0.15, 0.2) is 18.2 Å². The normalized spacial score (nSPS) is 10.2. The smallest absolute Gasteiger partial charge is 0.449 e. The summed E-state index contributed by atoms with van der Waals surface area (Å²) < 4.78 is 5.87. The fourth-order valence-electron chi connectivity index (χ4n) is 1.68. The Bertz CT molecular complexity index is 377. The number of rotatable bonds is 6. The van der Waals surface area contributed by atoms with E-state index in [9.17, 15) is 4.79 Å². The fourth-order valence-corrected chi connectivity index (χ4v) is 2.23.